The maximum Gasteiger partial charge on any atom is 0.289 e. The van der Waals surface area contributed by atoms with Crippen LogP contribution in [0, 0.1) is 5.41 Å². The van der Waals surface area contributed by atoms with E-state index in [1.54, 1.807) is 4.90 Å². The number of likely N-dealkylation sites (tertiary alicyclic amines) is 1. The summed E-state index contributed by atoms with van der Waals surface area (Å²) in [7, 11) is -3.91. The normalized spacial score (nSPS) is 18.8. The van der Waals surface area contributed by atoms with Crippen molar-refractivity contribution in [2.45, 2.75) is 38.0 Å². The summed E-state index contributed by atoms with van der Waals surface area (Å²) in [5.74, 6) is -0.310. The molecule has 2 N–H and O–H groups in total. The Balaban J connectivity index is 2.16. The first-order valence-electron chi connectivity index (χ1n) is 6.78. The molecule has 0 saturated carbocycles. The number of rotatable bonds is 3. The zero-order chi connectivity index (χ0) is 15.8. The third-order valence-electron chi connectivity index (χ3n) is 4.28. The molecule has 118 valence electrons. The van der Waals surface area contributed by atoms with Crippen LogP contribution in [0.2, 0.25) is 0 Å². The average molecular weight is 379 g/mol. The Morgan fingerprint density at radius 3 is 2.48 bits per heavy atom. The quantitative estimate of drug-likeness (QED) is 0.872. The second-order valence-electron chi connectivity index (χ2n) is 5.75. The van der Waals surface area contributed by atoms with Gasteiger partial charge in [0.1, 0.15) is 4.90 Å². The van der Waals surface area contributed by atoms with Gasteiger partial charge in [-0.3, -0.25) is 4.79 Å². The van der Waals surface area contributed by atoms with Crippen molar-refractivity contribution in [3.8, 4) is 0 Å². The van der Waals surface area contributed by atoms with E-state index in [2.05, 4.69) is 29.8 Å². The summed E-state index contributed by atoms with van der Waals surface area (Å²) >= 11 is 2.98. The third-order valence-corrected chi connectivity index (χ3v) is 6.05. The van der Waals surface area contributed by atoms with Gasteiger partial charge in [0.15, 0.2) is 10.4 Å². The van der Waals surface area contributed by atoms with Crippen LogP contribution < -0.4 is 5.14 Å². The molecule has 2 heterocycles. The molecule has 1 saturated heterocycles. The van der Waals surface area contributed by atoms with Crippen LogP contribution in [0.5, 0.6) is 0 Å². The first-order valence-corrected chi connectivity index (χ1v) is 9.12. The Labute approximate surface area is 132 Å². The molecule has 0 spiro atoms. The molecular weight excluding hydrogens is 360 g/mol. The number of furan rings is 1. The van der Waals surface area contributed by atoms with Gasteiger partial charge in [-0.1, -0.05) is 20.3 Å². The molecule has 0 unspecified atom stereocenters. The molecule has 0 aliphatic carbocycles. The van der Waals surface area contributed by atoms with Crippen LogP contribution in [0.15, 0.2) is 20.0 Å². The van der Waals surface area contributed by atoms with Crippen molar-refractivity contribution in [1.29, 1.82) is 0 Å². The first kappa shape index (κ1) is 16.5. The minimum absolute atomic E-state index is 0.00833. The summed E-state index contributed by atoms with van der Waals surface area (Å²) in [6.07, 6.45) is 2.94. The van der Waals surface area contributed by atoms with E-state index in [1.165, 1.54) is 6.07 Å². The smallest absolute Gasteiger partial charge is 0.289 e. The lowest BCUT2D eigenvalue weighted by Crippen LogP contribution is -2.41. The van der Waals surface area contributed by atoms with E-state index in [9.17, 15) is 13.2 Å². The lowest BCUT2D eigenvalue weighted by Gasteiger charge is -2.38. The number of hydrogen-bond donors (Lipinski definition) is 1. The maximum absolute atomic E-state index is 12.4. The summed E-state index contributed by atoms with van der Waals surface area (Å²) in [5, 5.41) is 5.06. The third kappa shape index (κ3) is 3.49. The molecule has 1 aliphatic rings. The van der Waals surface area contributed by atoms with Gasteiger partial charge in [-0.2, -0.15) is 0 Å². The Hall–Kier alpha value is -0.860. The van der Waals surface area contributed by atoms with Crippen LogP contribution in [0.25, 0.3) is 0 Å². The molecule has 1 aromatic rings. The van der Waals surface area contributed by atoms with E-state index in [1.807, 2.05) is 0 Å². The number of sulfonamides is 1. The van der Waals surface area contributed by atoms with Crippen LogP contribution in [0.3, 0.4) is 0 Å². The Kier molecular flexibility index (Phi) is 4.51. The Morgan fingerprint density at radius 1 is 1.48 bits per heavy atom. The van der Waals surface area contributed by atoms with Crippen molar-refractivity contribution in [3.63, 3.8) is 0 Å². The molecular formula is C13H19BrN2O4S. The van der Waals surface area contributed by atoms with E-state index in [0.29, 0.717) is 13.1 Å². The van der Waals surface area contributed by atoms with Gasteiger partial charge in [0, 0.05) is 19.2 Å². The van der Waals surface area contributed by atoms with Crippen LogP contribution in [0.4, 0.5) is 0 Å². The fraction of sp³-hybridized carbons (Fsp3) is 0.615. The van der Waals surface area contributed by atoms with E-state index in [0.717, 1.165) is 19.3 Å². The number of carbonyl (C=O) groups is 1. The van der Waals surface area contributed by atoms with Crippen LogP contribution in [-0.4, -0.2) is 32.3 Å². The van der Waals surface area contributed by atoms with Crippen molar-refractivity contribution in [2.24, 2.45) is 10.6 Å². The largest absolute Gasteiger partial charge is 0.443 e. The number of piperidine rings is 1. The molecule has 0 radical (unpaired) electrons. The minimum atomic E-state index is -3.91. The Morgan fingerprint density at radius 2 is 2.05 bits per heavy atom. The van der Waals surface area contributed by atoms with Crippen molar-refractivity contribution in [3.05, 3.63) is 16.5 Å². The summed E-state index contributed by atoms with van der Waals surface area (Å²) in [6, 6.07) is 1.18. The van der Waals surface area contributed by atoms with Gasteiger partial charge >= 0.3 is 0 Å². The molecule has 0 atom stereocenters. The molecule has 8 heteroatoms. The molecule has 1 aliphatic heterocycles. The number of nitrogens with zero attached hydrogens (tertiary/aromatic N) is 1. The number of nitrogens with two attached hydrogens (primary N) is 1. The molecule has 2 rings (SSSR count). The second-order valence-corrected chi connectivity index (χ2v) is 8.00. The topological polar surface area (TPSA) is 93.6 Å². The van der Waals surface area contributed by atoms with Gasteiger partial charge in [-0.25, -0.2) is 13.6 Å². The SMILES string of the molecule is CCC1(C)CCN(C(=O)c2cc(S(N)(=O)=O)c(Br)o2)CC1. The zero-order valence-electron chi connectivity index (χ0n) is 12.1. The molecule has 0 bridgehead atoms. The molecule has 1 aromatic heterocycles. The van der Waals surface area contributed by atoms with Gasteiger partial charge in [0.2, 0.25) is 10.0 Å². The van der Waals surface area contributed by atoms with E-state index >= 15 is 0 Å². The van der Waals surface area contributed by atoms with E-state index < -0.39 is 10.0 Å². The van der Waals surface area contributed by atoms with E-state index in [-0.39, 0.29) is 26.6 Å². The number of primary sulfonamides is 1. The minimum Gasteiger partial charge on any atom is -0.443 e. The molecule has 1 fully saturated rings. The molecule has 6 nitrogen and oxygen atoms in total. The Bertz CT molecular complexity index is 645. The highest BCUT2D eigenvalue weighted by Crippen LogP contribution is 2.35. The van der Waals surface area contributed by atoms with Gasteiger partial charge in [0.05, 0.1) is 0 Å². The van der Waals surface area contributed by atoms with Crippen molar-refractivity contribution < 1.29 is 17.6 Å². The summed E-state index contributed by atoms with van der Waals surface area (Å²) in [6.45, 7) is 5.66. The summed E-state index contributed by atoms with van der Waals surface area (Å²) in [5.41, 5.74) is 0.270. The standard InChI is InChI=1S/C13H19BrN2O4S/c1-3-13(2)4-6-16(7-5-13)12(17)9-8-10(11(14)20-9)21(15,18)19/h8H,3-7H2,1-2H3,(H2,15,18,19). The van der Waals surface area contributed by atoms with Gasteiger partial charge < -0.3 is 9.32 Å². The van der Waals surface area contributed by atoms with E-state index in [4.69, 9.17) is 9.56 Å². The highest BCUT2D eigenvalue weighted by atomic mass is 79.9. The maximum atomic E-state index is 12.4. The zero-order valence-corrected chi connectivity index (χ0v) is 14.5. The fourth-order valence-corrected chi connectivity index (χ4v) is 3.91. The van der Waals surface area contributed by atoms with Crippen molar-refractivity contribution in [1.82, 2.24) is 4.90 Å². The van der Waals surface area contributed by atoms with Crippen LogP contribution in [0.1, 0.15) is 43.7 Å². The first-order chi connectivity index (χ1) is 9.66. The van der Waals surface area contributed by atoms with Crippen LogP contribution >= 0.6 is 15.9 Å². The predicted octanol–water partition coefficient (Wildman–Crippen LogP) is 2.34. The second kappa shape index (κ2) is 5.73. The highest BCUT2D eigenvalue weighted by molar-refractivity contribution is 9.10. The molecule has 0 aromatic carbocycles. The summed E-state index contributed by atoms with van der Waals surface area (Å²) < 4.78 is 27.9. The van der Waals surface area contributed by atoms with Crippen LogP contribution in [-0.2, 0) is 10.0 Å². The van der Waals surface area contributed by atoms with Gasteiger partial charge in [-0.15, -0.1) is 0 Å². The monoisotopic (exact) mass is 378 g/mol. The highest BCUT2D eigenvalue weighted by Gasteiger charge is 2.32. The van der Waals surface area contributed by atoms with Crippen molar-refractivity contribution >= 4 is 31.9 Å². The fourth-order valence-electron chi connectivity index (χ4n) is 2.41. The number of halogens is 1. The molecule has 21 heavy (non-hydrogen) atoms. The average Bonchev–Trinajstić information content (AvgIpc) is 2.81. The van der Waals surface area contributed by atoms with Crippen molar-refractivity contribution in [2.75, 3.05) is 13.1 Å². The lowest BCUT2D eigenvalue weighted by atomic mass is 9.78. The number of carbonyl (C=O) groups excluding carboxylic acids is 1. The molecule has 1 amide bonds. The van der Waals surface area contributed by atoms with Gasteiger partial charge in [-0.05, 0) is 34.2 Å². The van der Waals surface area contributed by atoms with Gasteiger partial charge in [0.25, 0.3) is 5.91 Å². The number of amides is 1. The lowest BCUT2D eigenvalue weighted by molar-refractivity contribution is 0.0568. The summed E-state index contributed by atoms with van der Waals surface area (Å²) in [4.78, 5) is 13.9. The number of hydrogen-bond acceptors (Lipinski definition) is 4. The predicted molar refractivity (Wildman–Crippen MR) is 81.3 cm³/mol.